The summed E-state index contributed by atoms with van der Waals surface area (Å²) in [6.07, 6.45) is 0. The molecule has 0 saturated heterocycles. The molecule has 0 aliphatic rings. The highest BCUT2D eigenvalue weighted by Gasteiger charge is 2.19. The fraction of sp³-hybridized carbons (Fsp3) is 0. The Morgan fingerprint density at radius 2 is 0.957 bits per heavy atom. The Bertz CT molecular complexity index is 2340. The Morgan fingerprint density at radius 1 is 0.426 bits per heavy atom. The van der Waals surface area contributed by atoms with Crippen LogP contribution >= 0.6 is 11.3 Å². The zero-order chi connectivity index (χ0) is 31.6. The zero-order valence-corrected chi connectivity index (χ0v) is 25.9. The highest BCUT2D eigenvalue weighted by molar-refractivity contribution is 7.21. The van der Waals surface area contributed by atoms with Crippen molar-refractivity contribution in [1.29, 1.82) is 5.26 Å². The molecule has 0 aliphatic carbocycles. The number of nitrogens with zero attached hydrogens (tertiary/aromatic N) is 5. The molecule has 8 aromatic rings. The summed E-state index contributed by atoms with van der Waals surface area (Å²) >= 11 is 1.67. The number of thiazole rings is 1. The zero-order valence-electron chi connectivity index (χ0n) is 25.1. The van der Waals surface area contributed by atoms with Crippen LogP contribution < -0.4 is 0 Å². The van der Waals surface area contributed by atoms with Gasteiger partial charge in [-0.3, -0.25) is 0 Å². The molecule has 0 amide bonds. The Morgan fingerprint density at radius 3 is 1.66 bits per heavy atom. The molecule has 0 N–H and O–H groups in total. The minimum atomic E-state index is 0.542. The van der Waals surface area contributed by atoms with E-state index < -0.39 is 0 Å². The van der Waals surface area contributed by atoms with Crippen molar-refractivity contribution in [2.75, 3.05) is 0 Å². The SMILES string of the molecule is N#Cc1c(-c2cccc(-c3nc4ccccc4s3)c2)cccc1-c1ccccc1-c1nc(-c2ccccc2)nc(-c2ccccc2)n1. The minimum Gasteiger partial charge on any atom is -0.236 e. The van der Waals surface area contributed by atoms with Gasteiger partial charge in [0.15, 0.2) is 17.5 Å². The highest BCUT2D eigenvalue weighted by Crippen LogP contribution is 2.39. The molecule has 5 nitrogen and oxygen atoms in total. The highest BCUT2D eigenvalue weighted by atomic mass is 32.1. The van der Waals surface area contributed by atoms with E-state index in [4.69, 9.17) is 19.9 Å². The lowest BCUT2D eigenvalue weighted by molar-refractivity contribution is 1.07. The van der Waals surface area contributed by atoms with Gasteiger partial charge in [-0.1, -0.05) is 133 Å². The predicted octanol–water partition coefficient (Wildman–Crippen LogP) is 10.4. The first kappa shape index (κ1) is 28.2. The Labute approximate surface area is 276 Å². The second-order valence-corrected chi connectivity index (χ2v) is 12.0. The van der Waals surface area contributed by atoms with Crippen molar-refractivity contribution in [3.05, 3.63) is 157 Å². The van der Waals surface area contributed by atoms with Gasteiger partial charge in [-0.15, -0.1) is 11.3 Å². The average Bonchev–Trinajstić information content (AvgIpc) is 3.60. The lowest BCUT2D eigenvalue weighted by Gasteiger charge is -2.15. The molecule has 8 rings (SSSR count). The van der Waals surface area contributed by atoms with Crippen molar-refractivity contribution < 1.29 is 0 Å². The van der Waals surface area contributed by atoms with Crippen molar-refractivity contribution in [3.63, 3.8) is 0 Å². The van der Waals surface area contributed by atoms with Crippen LogP contribution in [-0.4, -0.2) is 19.9 Å². The molecule has 47 heavy (non-hydrogen) atoms. The summed E-state index contributed by atoms with van der Waals surface area (Å²) in [5, 5.41) is 11.6. The molecule has 6 heteroatoms. The van der Waals surface area contributed by atoms with Crippen LogP contribution in [0.5, 0.6) is 0 Å². The van der Waals surface area contributed by atoms with Crippen molar-refractivity contribution >= 4 is 21.6 Å². The van der Waals surface area contributed by atoms with Crippen molar-refractivity contribution in [3.8, 4) is 73.1 Å². The maximum atomic E-state index is 10.6. The first-order valence-electron chi connectivity index (χ1n) is 15.2. The molecule has 0 atom stereocenters. The molecule has 6 aromatic carbocycles. The van der Waals surface area contributed by atoms with Gasteiger partial charge in [-0.05, 0) is 29.3 Å². The number of nitriles is 1. The smallest absolute Gasteiger partial charge is 0.164 e. The number of benzene rings is 6. The van der Waals surface area contributed by atoms with Crippen LogP contribution in [0.1, 0.15) is 5.56 Å². The summed E-state index contributed by atoms with van der Waals surface area (Å²) in [4.78, 5) is 19.7. The normalized spacial score (nSPS) is 11.0. The lowest BCUT2D eigenvalue weighted by Crippen LogP contribution is -2.01. The summed E-state index contributed by atoms with van der Waals surface area (Å²) in [5.74, 6) is 1.72. The first-order valence-corrected chi connectivity index (χ1v) is 16.0. The molecule has 220 valence electrons. The van der Waals surface area contributed by atoms with E-state index in [-0.39, 0.29) is 0 Å². The van der Waals surface area contributed by atoms with Gasteiger partial charge < -0.3 is 0 Å². The molecule has 0 aliphatic heterocycles. The van der Waals surface area contributed by atoms with E-state index in [9.17, 15) is 5.26 Å². The molecule has 2 aromatic heterocycles. The second kappa shape index (κ2) is 12.2. The van der Waals surface area contributed by atoms with Gasteiger partial charge in [0, 0.05) is 33.4 Å². The topological polar surface area (TPSA) is 75.3 Å². The van der Waals surface area contributed by atoms with E-state index >= 15 is 0 Å². The molecular formula is C41H25N5S. The van der Waals surface area contributed by atoms with Crippen LogP contribution in [0.2, 0.25) is 0 Å². The molecular weight excluding hydrogens is 595 g/mol. The van der Waals surface area contributed by atoms with Crippen LogP contribution in [0, 0.1) is 11.3 Å². The number of aromatic nitrogens is 4. The number of para-hydroxylation sites is 1. The van der Waals surface area contributed by atoms with Crippen molar-refractivity contribution in [2.45, 2.75) is 0 Å². The van der Waals surface area contributed by atoms with Crippen LogP contribution in [-0.2, 0) is 0 Å². The summed E-state index contributed by atoms with van der Waals surface area (Å²) in [5.41, 5.74) is 8.71. The molecule has 0 bridgehead atoms. The first-order chi connectivity index (χ1) is 23.2. The van der Waals surface area contributed by atoms with Gasteiger partial charge in [-0.25, -0.2) is 19.9 Å². The van der Waals surface area contributed by atoms with Crippen LogP contribution in [0.4, 0.5) is 0 Å². The summed E-state index contributed by atoms with van der Waals surface area (Å²) in [6, 6.07) is 52.8. The van der Waals surface area contributed by atoms with Crippen LogP contribution in [0.25, 0.3) is 77.2 Å². The van der Waals surface area contributed by atoms with Crippen molar-refractivity contribution in [1.82, 2.24) is 19.9 Å². The summed E-state index contributed by atoms with van der Waals surface area (Å²) in [7, 11) is 0. The molecule has 2 heterocycles. The van der Waals surface area contributed by atoms with E-state index in [0.29, 0.717) is 23.0 Å². The molecule has 0 saturated carbocycles. The van der Waals surface area contributed by atoms with Gasteiger partial charge in [0.05, 0.1) is 15.8 Å². The van der Waals surface area contributed by atoms with Crippen LogP contribution in [0.15, 0.2) is 152 Å². The van der Waals surface area contributed by atoms with Gasteiger partial charge in [0.2, 0.25) is 0 Å². The second-order valence-electron chi connectivity index (χ2n) is 11.0. The molecule has 0 fully saturated rings. The van der Waals surface area contributed by atoms with Crippen LogP contribution in [0.3, 0.4) is 0 Å². The van der Waals surface area contributed by atoms with Gasteiger partial charge in [0.25, 0.3) is 0 Å². The number of fused-ring (bicyclic) bond motifs is 1. The lowest BCUT2D eigenvalue weighted by atomic mass is 9.89. The van der Waals surface area contributed by atoms with Gasteiger partial charge >= 0.3 is 0 Å². The largest absolute Gasteiger partial charge is 0.236 e. The maximum Gasteiger partial charge on any atom is 0.164 e. The third-order valence-electron chi connectivity index (χ3n) is 8.05. The quantitative estimate of drug-likeness (QED) is 0.185. The van der Waals surface area contributed by atoms with E-state index in [1.54, 1.807) is 11.3 Å². The number of hydrogen-bond donors (Lipinski definition) is 0. The molecule has 0 radical (unpaired) electrons. The molecule has 0 unspecified atom stereocenters. The van der Waals surface area contributed by atoms with E-state index in [1.165, 1.54) is 0 Å². The minimum absolute atomic E-state index is 0.542. The Balaban J connectivity index is 1.27. The van der Waals surface area contributed by atoms with E-state index in [0.717, 1.165) is 59.7 Å². The third kappa shape index (κ3) is 5.46. The average molecular weight is 620 g/mol. The number of rotatable bonds is 6. The maximum absolute atomic E-state index is 10.6. The predicted molar refractivity (Wildman–Crippen MR) is 190 cm³/mol. The third-order valence-corrected chi connectivity index (χ3v) is 9.13. The fourth-order valence-electron chi connectivity index (χ4n) is 5.80. The monoisotopic (exact) mass is 619 g/mol. The molecule has 0 spiro atoms. The standard InChI is InChI=1S/C41H25N5S/c42-26-35-31(29-17-11-18-30(25-29)41-43-36-23-9-10-24-37(36)47-41)21-12-22-33(35)32-19-7-8-20-34(32)40-45-38(27-13-3-1-4-14-27)44-39(46-40)28-15-5-2-6-16-28/h1-25H. The van der Waals surface area contributed by atoms with Crippen molar-refractivity contribution in [2.24, 2.45) is 0 Å². The van der Waals surface area contributed by atoms with E-state index in [2.05, 4.69) is 24.3 Å². The number of hydrogen-bond acceptors (Lipinski definition) is 6. The van der Waals surface area contributed by atoms with Gasteiger partial charge in [0.1, 0.15) is 11.1 Å². The summed E-state index contributed by atoms with van der Waals surface area (Å²) < 4.78 is 1.15. The Hall–Kier alpha value is -6.29. The van der Waals surface area contributed by atoms with Gasteiger partial charge in [-0.2, -0.15) is 5.26 Å². The van der Waals surface area contributed by atoms with E-state index in [1.807, 2.05) is 133 Å². The summed E-state index contributed by atoms with van der Waals surface area (Å²) in [6.45, 7) is 0. The Kier molecular flexibility index (Phi) is 7.35. The fourth-order valence-corrected chi connectivity index (χ4v) is 6.76.